The summed E-state index contributed by atoms with van der Waals surface area (Å²) in [6, 6.07) is 6.00. The van der Waals surface area contributed by atoms with Crippen LogP contribution in [0.3, 0.4) is 0 Å². The van der Waals surface area contributed by atoms with Crippen molar-refractivity contribution in [2.75, 3.05) is 58.5 Å². The van der Waals surface area contributed by atoms with Crippen LogP contribution in [0.4, 0.5) is 5.82 Å². The lowest BCUT2D eigenvalue weighted by atomic mass is 9.88. The highest BCUT2D eigenvalue weighted by Gasteiger charge is 2.26. The molecule has 1 aliphatic carbocycles. The van der Waals surface area contributed by atoms with Gasteiger partial charge in [0.2, 0.25) is 0 Å². The minimum atomic E-state index is 0.691. The van der Waals surface area contributed by atoms with Crippen molar-refractivity contribution < 1.29 is 14.2 Å². The van der Waals surface area contributed by atoms with E-state index in [0.29, 0.717) is 12.5 Å². The van der Waals surface area contributed by atoms with Gasteiger partial charge in [0, 0.05) is 43.2 Å². The van der Waals surface area contributed by atoms with Gasteiger partial charge in [-0.2, -0.15) is 0 Å². The number of fused-ring (bicyclic) bond motifs is 3. The number of aromatic nitrogens is 2. The molecule has 5 rings (SSSR count). The first-order valence-electron chi connectivity index (χ1n) is 12.2. The largest absolute Gasteiger partial charge is 0.497 e. The number of thiophene rings is 1. The van der Waals surface area contributed by atoms with Gasteiger partial charge in [-0.1, -0.05) is 6.92 Å². The molecular weight excluding hydrogens is 448 g/mol. The number of hydrogen-bond acceptors (Lipinski definition) is 8. The number of nitrogens with zero attached hydrogens (tertiary/aromatic N) is 4. The van der Waals surface area contributed by atoms with E-state index in [1.54, 1.807) is 20.5 Å². The molecule has 1 atom stereocenters. The highest BCUT2D eigenvalue weighted by Crippen LogP contribution is 2.41. The van der Waals surface area contributed by atoms with Crippen LogP contribution in [-0.2, 0) is 24.1 Å². The van der Waals surface area contributed by atoms with E-state index < -0.39 is 0 Å². The van der Waals surface area contributed by atoms with Gasteiger partial charge in [0.1, 0.15) is 28.5 Å². The Labute approximate surface area is 205 Å². The summed E-state index contributed by atoms with van der Waals surface area (Å²) in [5.74, 6) is 3.43. The summed E-state index contributed by atoms with van der Waals surface area (Å²) >= 11 is 1.85. The molecule has 7 nitrogen and oxygen atoms in total. The van der Waals surface area contributed by atoms with E-state index in [9.17, 15) is 0 Å². The second-order valence-electron chi connectivity index (χ2n) is 9.28. The number of benzene rings is 1. The third kappa shape index (κ3) is 4.85. The zero-order valence-corrected chi connectivity index (χ0v) is 21.2. The normalized spacial score (nSPS) is 18.6. The van der Waals surface area contributed by atoms with Crippen LogP contribution >= 0.6 is 11.3 Å². The second kappa shape index (κ2) is 10.5. The fourth-order valence-corrected chi connectivity index (χ4v) is 6.24. The van der Waals surface area contributed by atoms with E-state index >= 15 is 0 Å². The molecule has 0 bridgehead atoms. The Kier molecular flexibility index (Phi) is 7.18. The Balaban J connectivity index is 1.53. The van der Waals surface area contributed by atoms with Gasteiger partial charge in [-0.3, -0.25) is 4.90 Å². The molecule has 182 valence electrons. The van der Waals surface area contributed by atoms with Crippen LogP contribution in [0.25, 0.3) is 10.2 Å². The van der Waals surface area contributed by atoms with Gasteiger partial charge in [-0.25, -0.2) is 9.97 Å². The number of morpholine rings is 1. The molecule has 0 spiro atoms. The summed E-state index contributed by atoms with van der Waals surface area (Å²) in [5.41, 5.74) is 2.55. The molecule has 2 aliphatic rings. The fourth-order valence-electron chi connectivity index (χ4n) is 5.06. The van der Waals surface area contributed by atoms with Crippen LogP contribution in [-0.4, -0.2) is 68.5 Å². The Morgan fingerprint density at radius 2 is 2.03 bits per heavy atom. The van der Waals surface area contributed by atoms with Gasteiger partial charge in [0.15, 0.2) is 0 Å². The maximum absolute atomic E-state index is 5.71. The van der Waals surface area contributed by atoms with Gasteiger partial charge in [0.25, 0.3) is 0 Å². The Hall–Kier alpha value is -2.42. The topological polar surface area (TPSA) is 60.0 Å². The average Bonchev–Trinajstić information content (AvgIpc) is 3.25. The Morgan fingerprint density at radius 1 is 1.18 bits per heavy atom. The van der Waals surface area contributed by atoms with Crippen molar-refractivity contribution in [3.05, 3.63) is 40.5 Å². The predicted molar refractivity (Wildman–Crippen MR) is 136 cm³/mol. The number of aryl methyl sites for hydroxylation is 1. The zero-order chi connectivity index (χ0) is 23.5. The molecule has 3 aromatic rings. The van der Waals surface area contributed by atoms with Crippen molar-refractivity contribution in [3.63, 3.8) is 0 Å². The molecule has 0 saturated carbocycles. The van der Waals surface area contributed by atoms with E-state index in [2.05, 4.69) is 27.8 Å². The van der Waals surface area contributed by atoms with Crippen molar-refractivity contribution in [1.82, 2.24) is 14.9 Å². The number of ether oxygens (including phenoxy) is 3. The zero-order valence-electron chi connectivity index (χ0n) is 20.4. The van der Waals surface area contributed by atoms with Gasteiger partial charge in [-0.05, 0) is 48.9 Å². The molecule has 3 heterocycles. The smallest absolute Gasteiger partial charge is 0.141 e. The standard InChI is InChI=1S/C26H34N4O3S/c1-18-4-7-23-21(14-18)24-25(27-17-28-26(24)34-23)30(9-8-29-10-12-33-13-11-29)16-19-15-20(31-2)5-6-22(19)32-3/h5-6,15,17-18H,4,7-14,16H2,1-3H3. The number of hydrogen-bond donors (Lipinski definition) is 0. The number of anilines is 1. The van der Waals surface area contributed by atoms with Gasteiger partial charge >= 0.3 is 0 Å². The summed E-state index contributed by atoms with van der Waals surface area (Å²) in [4.78, 5) is 17.0. The minimum absolute atomic E-state index is 0.691. The summed E-state index contributed by atoms with van der Waals surface area (Å²) in [5, 5.41) is 1.25. The van der Waals surface area contributed by atoms with Crippen molar-refractivity contribution in [3.8, 4) is 11.5 Å². The third-order valence-electron chi connectivity index (χ3n) is 7.01. The van der Waals surface area contributed by atoms with E-state index in [1.165, 1.54) is 22.2 Å². The third-order valence-corrected chi connectivity index (χ3v) is 8.21. The highest BCUT2D eigenvalue weighted by molar-refractivity contribution is 7.19. The first kappa shape index (κ1) is 23.3. The first-order valence-corrected chi connectivity index (χ1v) is 13.0. The lowest BCUT2D eigenvalue weighted by molar-refractivity contribution is 0.0391. The van der Waals surface area contributed by atoms with Crippen molar-refractivity contribution in [2.45, 2.75) is 32.7 Å². The summed E-state index contributed by atoms with van der Waals surface area (Å²) in [6.45, 7) is 8.43. The number of methoxy groups -OCH3 is 2. The molecule has 2 aromatic heterocycles. The molecule has 0 N–H and O–H groups in total. The van der Waals surface area contributed by atoms with Gasteiger partial charge in [-0.15, -0.1) is 11.3 Å². The van der Waals surface area contributed by atoms with Crippen LogP contribution < -0.4 is 14.4 Å². The molecule has 34 heavy (non-hydrogen) atoms. The van der Waals surface area contributed by atoms with E-state index in [4.69, 9.17) is 19.2 Å². The molecule has 8 heteroatoms. The van der Waals surface area contributed by atoms with E-state index in [0.717, 1.165) is 79.9 Å². The molecule has 1 fully saturated rings. The first-order chi connectivity index (χ1) is 16.7. The maximum atomic E-state index is 5.71. The molecule has 1 aromatic carbocycles. The monoisotopic (exact) mass is 482 g/mol. The molecule has 1 aliphatic heterocycles. The van der Waals surface area contributed by atoms with Crippen LogP contribution in [0.1, 0.15) is 29.3 Å². The predicted octanol–water partition coefficient (Wildman–Crippen LogP) is 4.17. The molecule has 1 saturated heterocycles. The highest BCUT2D eigenvalue weighted by atomic mass is 32.1. The summed E-state index contributed by atoms with van der Waals surface area (Å²) < 4.78 is 16.8. The lowest BCUT2D eigenvalue weighted by Gasteiger charge is -2.31. The summed E-state index contributed by atoms with van der Waals surface area (Å²) in [6.07, 6.45) is 5.24. The number of rotatable bonds is 8. The van der Waals surface area contributed by atoms with Crippen LogP contribution in [0, 0.1) is 5.92 Å². The average molecular weight is 483 g/mol. The van der Waals surface area contributed by atoms with E-state index in [1.807, 2.05) is 23.5 Å². The van der Waals surface area contributed by atoms with Crippen molar-refractivity contribution in [2.24, 2.45) is 5.92 Å². The lowest BCUT2D eigenvalue weighted by Crippen LogP contribution is -2.41. The van der Waals surface area contributed by atoms with Gasteiger partial charge in [0.05, 0.1) is 32.8 Å². The minimum Gasteiger partial charge on any atom is -0.497 e. The van der Waals surface area contributed by atoms with Gasteiger partial charge < -0.3 is 19.1 Å². The quantitative estimate of drug-likeness (QED) is 0.478. The molecule has 1 unspecified atom stereocenters. The van der Waals surface area contributed by atoms with Crippen LogP contribution in [0.2, 0.25) is 0 Å². The Morgan fingerprint density at radius 3 is 2.82 bits per heavy atom. The van der Waals surface area contributed by atoms with Crippen molar-refractivity contribution >= 4 is 27.4 Å². The van der Waals surface area contributed by atoms with Crippen LogP contribution in [0.15, 0.2) is 24.5 Å². The molecule has 0 radical (unpaired) electrons. The van der Waals surface area contributed by atoms with Crippen LogP contribution in [0.5, 0.6) is 11.5 Å². The van der Waals surface area contributed by atoms with Crippen molar-refractivity contribution in [1.29, 1.82) is 0 Å². The summed E-state index contributed by atoms with van der Waals surface area (Å²) in [7, 11) is 3.43. The molecular formula is C26H34N4O3S. The fraction of sp³-hybridized carbons (Fsp3) is 0.538. The SMILES string of the molecule is COc1ccc(OC)c(CN(CCN2CCOCC2)c2ncnc3sc4c(c23)CC(C)CC4)c1. The van der Waals surface area contributed by atoms with E-state index in [-0.39, 0.29) is 0 Å². The molecule has 0 amide bonds. The maximum Gasteiger partial charge on any atom is 0.141 e. The second-order valence-corrected chi connectivity index (χ2v) is 10.4. The Bertz CT molecular complexity index is 1130.